The molecule has 1 heterocycles. The molecule has 144 valence electrons. The second kappa shape index (κ2) is 8.37. The van der Waals surface area contributed by atoms with Gasteiger partial charge in [0.1, 0.15) is 0 Å². The van der Waals surface area contributed by atoms with Crippen molar-refractivity contribution in [2.75, 3.05) is 5.32 Å². The zero-order valence-corrected chi connectivity index (χ0v) is 14.7. The standard InChI is InChI=1S/C19H21F3N4O/c20-19(21,22)14-7-9-16(10-8-14)26-18-23-11-13(12-24-18)17(27)25-15-5-3-1-2-4-6-15/h7-12,15H,1-6H2,(H,25,27)(H,23,24,26). The first-order chi connectivity index (χ1) is 12.9. The van der Waals surface area contributed by atoms with E-state index in [1.807, 2.05) is 0 Å². The van der Waals surface area contributed by atoms with Crippen LogP contribution in [0.5, 0.6) is 0 Å². The molecule has 0 unspecified atom stereocenters. The molecule has 0 bridgehead atoms. The van der Waals surface area contributed by atoms with Crippen molar-refractivity contribution in [3.8, 4) is 0 Å². The highest BCUT2D eigenvalue weighted by atomic mass is 19.4. The maximum Gasteiger partial charge on any atom is 0.416 e. The Labute approximate surface area is 155 Å². The predicted molar refractivity (Wildman–Crippen MR) is 95.7 cm³/mol. The van der Waals surface area contributed by atoms with Crippen LogP contribution in [0.15, 0.2) is 36.7 Å². The number of amides is 1. The van der Waals surface area contributed by atoms with Crippen molar-refractivity contribution in [3.63, 3.8) is 0 Å². The fraction of sp³-hybridized carbons (Fsp3) is 0.421. The number of aromatic nitrogens is 2. The second-order valence-electron chi connectivity index (χ2n) is 6.66. The molecule has 1 saturated carbocycles. The summed E-state index contributed by atoms with van der Waals surface area (Å²) in [6.45, 7) is 0. The van der Waals surface area contributed by atoms with Crippen LogP contribution >= 0.6 is 0 Å². The molecule has 2 aromatic rings. The van der Waals surface area contributed by atoms with Gasteiger partial charge in [0.25, 0.3) is 5.91 Å². The van der Waals surface area contributed by atoms with E-state index in [0.717, 1.165) is 37.8 Å². The Morgan fingerprint density at radius 2 is 1.56 bits per heavy atom. The number of hydrogen-bond donors (Lipinski definition) is 2. The van der Waals surface area contributed by atoms with E-state index in [1.54, 1.807) is 0 Å². The fourth-order valence-corrected chi connectivity index (χ4v) is 3.07. The lowest BCUT2D eigenvalue weighted by Crippen LogP contribution is -2.34. The van der Waals surface area contributed by atoms with Gasteiger partial charge in [-0.3, -0.25) is 4.79 Å². The number of hydrogen-bond acceptors (Lipinski definition) is 4. The van der Waals surface area contributed by atoms with Gasteiger partial charge in [0, 0.05) is 24.1 Å². The first-order valence-electron chi connectivity index (χ1n) is 8.99. The molecular formula is C19H21F3N4O. The van der Waals surface area contributed by atoms with Crippen molar-refractivity contribution in [2.24, 2.45) is 0 Å². The van der Waals surface area contributed by atoms with Crippen molar-refractivity contribution < 1.29 is 18.0 Å². The molecule has 1 aliphatic carbocycles. The van der Waals surface area contributed by atoms with Gasteiger partial charge in [0.05, 0.1) is 11.1 Å². The van der Waals surface area contributed by atoms with Crippen LogP contribution in [0.1, 0.15) is 54.4 Å². The molecule has 0 aliphatic heterocycles. The molecule has 0 spiro atoms. The van der Waals surface area contributed by atoms with Gasteiger partial charge in [-0.1, -0.05) is 25.7 Å². The van der Waals surface area contributed by atoms with Crippen LogP contribution in [-0.4, -0.2) is 21.9 Å². The minimum atomic E-state index is -4.37. The molecule has 1 fully saturated rings. The van der Waals surface area contributed by atoms with E-state index in [9.17, 15) is 18.0 Å². The summed E-state index contributed by atoms with van der Waals surface area (Å²) in [5.41, 5.74) is 0.0652. The number of carbonyl (C=O) groups is 1. The fourth-order valence-electron chi connectivity index (χ4n) is 3.07. The monoisotopic (exact) mass is 378 g/mol. The van der Waals surface area contributed by atoms with Crippen LogP contribution < -0.4 is 10.6 Å². The largest absolute Gasteiger partial charge is 0.416 e. The maximum absolute atomic E-state index is 12.6. The molecule has 1 aliphatic rings. The van der Waals surface area contributed by atoms with E-state index in [1.165, 1.54) is 37.4 Å². The third-order valence-electron chi connectivity index (χ3n) is 4.57. The number of rotatable bonds is 4. The third-order valence-corrected chi connectivity index (χ3v) is 4.57. The average molecular weight is 378 g/mol. The average Bonchev–Trinajstić information content (AvgIpc) is 2.91. The van der Waals surface area contributed by atoms with E-state index < -0.39 is 11.7 Å². The van der Waals surface area contributed by atoms with Gasteiger partial charge in [0.15, 0.2) is 0 Å². The van der Waals surface area contributed by atoms with Gasteiger partial charge < -0.3 is 10.6 Å². The smallest absolute Gasteiger partial charge is 0.349 e. The number of halogens is 3. The zero-order chi connectivity index (χ0) is 19.3. The lowest BCUT2D eigenvalue weighted by atomic mass is 10.1. The molecule has 1 aromatic carbocycles. The second-order valence-corrected chi connectivity index (χ2v) is 6.66. The van der Waals surface area contributed by atoms with Crippen LogP contribution in [0, 0.1) is 0 Å². The molecule has 3 rings (SSSR count). The molecule has 5 nitrogen and oxygen atoms in total. The molecular weight excluding hydrogens is 357 g/mol. The minimum Gasteiger partial charge on any atom is -0.349 e. The van der Waals surface area contributed by atoms with E-state index in [0.29, 0.717) is 11.3 Å². The van der Waals surface area contributed by atoms with E-state index in [-0.39, 0.29) is 17.9 Å². The summed E-state index contributed by atoms with van der Waals surface area (Å²) in [6.07, 6.45) is 5.08. The number of anilines is 2. The van der Waals surface area contributed by atoms with Gasteiger partial charge >= 0.3 is 6.18 Å². The van der Waals surface area contributed by atoms with Crippen molar-refractivity contribution in [2.45, 2.75) is 50.7 Å². The number of benzene rings is 1. The van der Waals surface area contributed by atoms with Crippen LogP contribution in [0.3, 0.4) is 0 Å². The van der Waals surface area contributed by atoms with Gasteiger partial charge in [-0.25, -0.2) is 9.97 Å². The Kier molecular flexibility index (Phi) is 5.93. The summed E-state index contributed by atoms with van der Waals surface area (Å²) in [5, 5.41) is 5.84. The molecule has 27 heavy (non-hydrogen) atoms. The third kappa shape index (κ3) is 5.42. The Balaban J connectivity index is 1.58. The van der Waals surface area contributed by atoms with Crippen LogP contribution in [0.4, 0.5) is 24.8 Å². The topological polar surface area (TPSA) is 66.9 Å². The number of nitrogens with zero attached hydrogens (tertiary/aromatic N) is 2. The molecule has 2 N–H and O–H groups in total. The Morgan fingerprint density at radius 1 is 0.963 bits per heavy atom. The van der Waals surface area contributed by atoms with E-state index >= 15 is 0 Å². The summed E-state index contributed by atoms with van der Waals surface area (Å²) in [4.78, 5) is 20.5. The van der Waals surface area contributed by atoms with Gasteiger partial charge in [-0.05, 0) is 37.1 Å². The highest BCUT2D eigenvalue weighted by Gasteiger charge is 2.29. The summed E-state index contributed by atoms with van der Waals surface area (Å²) < 4.78 is 37.7. The van der Waals surface area contributed by atoms with Gasteiger partial charge in [-0.15, -0.1) is 0 Å². The Bertz CT molecular complexity index is 752. The van der Waals surface area contributed by atoms with Crippen molar-refractivity contribution in [1.82, 2.24) is 15.3 Å². The summed E-state index contributed by atoms with van der Waals surface area (Å²) in [7, 11) is 0. The molecule has 0 atom stereocenters. The lowest BCUT2D eigenvalue weighted by Gasteiger charge is -2.16. The Hall–Kier alpha value is -2.64. The number of alkyl halides is 3. The highest BCUT2D eigenvalue weighted by molar-refractivity contribution is 5.93. The van der Waals surface area contributed by atoms with Gasteiger partial charge in [0.2, 0.25) is 5.95 Å². The van der Waals surface area contributed by atoms with Crippen LogP contribution in [0.2, 0.25) is 0 Å². The summed E-state index contributed by atoms with van der Waals surface area (Å²) in [6, 6.07) is 4.76. The van der Waals surface area contributed by atoms with E-state index in [2.05, 4.69) is 20.6 Å². The highest BCUT2D eigenvalue weighted by Crippen LogP contribution is 2.30. The van der Waals surface area contributed by atoms with Crippen LogP contribution in [0.25, 0.3) is 0 Å². The van der Waals surface area contributed by atoms with Gasteiger partial charge in [-0.2, -0.15) is 13.2 Å². The van der Waals surface area contributed by atoms with Crippen molar-refractivity contribution in [1.29, 1.82) is 0 Å². The van der Waals surface area contributed by atoms with Crippen LogP contribution in [-0.2, 0) is 6.18 Å². The first-order valence-corrected chi connectivity index (χ1v) is 8.99. The molecule has 8 heteroatoms. The van der Waals surface area contributed by atoms with Crippen molar-refractivity contribution in [3.05, 3.63) is 47.8 Å². The normalized spacial score (nSPS) is 15.8. The molecule has 0 saturated heterocycles. The summed E-state index contributed by atoms with van der Waals surface area (Å²) >= 11 is 0. The number of carbonyl (C=O) groups excluding carboxylic acids is 1. The van der Waals surface area contributed by atoms with Crippen molar-refractivity contribution >= 4 is 17.5 Å². The predicted octanol–water partition coefficient (Wildman–Crippen LogP) is 4.69. The SMILES string of the molecule is O=C(NC1CCCCCC1)c1cnc(Nc2ccc(C(F)(F)F)cc2)nc1. The van der Waals surface area contributed by atoms with E-state index in [4.69, 9.17) is 0 Å². The number of nitrogens with one attached hydrogen (secondary N) is 2. The molecule has 0 radical (unpaired) electrons. The first kappa shape index (κ1) is 19.1. The molecule has 1 aromatic heterocycles. The maximum atomic E-state index is 12.6. The zero-order valence-electron chi connectivity index (χ0n) is 14.7. The lowest BCUT2D eigenvalue weighted by molar-refractivity contribution is -0.137. The minimum absolute atomic E-state index is 0.185. The Morgan fingerprint density at radius 3 is 2.11 bits per heavy atom. The molecule has 1 amide bonds. The quantitative estimate of drug-likeness (QED) is 0.758. The summed E-state index contributed by atoms with van der Waals surface area (Å²) in [5.74, 6) is 0.00348.